The van der Waals surface area contributed by atoms with Crippen molar-refractivity contribution in [3.05, 3.63) is 71.4 Å². The maximum Gasteiger partial charge on any atom is 0.261 e. The predicted molar refractivity (Wildman–Crippen MR) is 81.0 cm³/mol. The van der Waals surface area contributed by atoms with Crippen molar-refractivity contribution in [3.63, 3.8) is 0 Å². The third-order valence-corrected chi connectivity index (χ3v) is 3.31. The SMILES string of the molecule is Cc1ccc(-c2oncc2C(=O)Nc2ccc(F)c(F)c2)cc1. The summed E-state index contributed by atoms with van der Waals surface area (Å²) in [5.41, 5.74) is 2.12. The highest BCUT2D eigenvalue weighted by Gasteiger charge is 2.18. The molecule has 0 aliphatic carbocycles. The second kappa shape index (κ2) is 6.00. The number of hydrogen-bond donors (Lipinski definition) is 1. The third kappa shape index (κ3) is 3.11. The molecule has 3 aromatic rings. The van der Waals surface area contributed by atoms with Gasteiger partial charge in [-0.1, -0.05) is 35.0 Å². The fourth-order valence-electron chi connectivity index (χ4n) is 2.09. The van der Waals surface area contributed by atoms with Crippen molar-refractivity contribution in [3.8, 4) is 11.3 Å². The molecule has 23 heavy (non-hydrogen) atoms. The summed E-state index contributed by atoms with van der Waals surface area (Å²) in [6.07, 6.45) is 1.28. The van der Waals surface area contributed by atoms with Crippen LogP contribution in [0.15, 0.2) is 53.2 Å². The van der Waals surface area contributed by atoms with Gasteiger partial charge in [0, 0.05) is 17.3 Å². The van der Waals surface area contributed by atoms with E-state index in [0.717, 1.165) is 17.7 Å². The van der Waals surface area contributed by atoms with E-state index in [1.54, 1.807) is 0 Å². The first-order chi connectivity index (χ1) is 11.0. The van der Waals surface area contributed by atoms with E-state index < -0.39 is 17.5 Å². The Labute approximate surface area is 130 Å². The Balaban J connectivity index is 1.87. The highest BCUT2D eigenvalue weighted by atomic mass is 19.2. The van der Waals surface area contributed by atoms with Crippen molar-refractivity contribution >= 4 is 11.6 Å². The standard InChI is InChI=1S/C17H12F2N2O2/c1-10-2-4-11(5-3-10)16-13(9-20-23-16)17(22)21-12-6-7-14(18)15(19)8-12/h2-9H,1H3,(H,21,22). The number of halogens is 2. The average molecular weight is 314 g/mol. The molecular formula is C17H12F2N2O2. The van der Waals surface area contributed by atoms with Gasteiger partial charge in [0.15, 0.2) is 17.4 Å². The van der Waals surface area contributed by atoms with Crippen LogP contribution in [0.1, 0.15) is 15.9 Å². The number of benzene rings is 2. The summed E-state index contributed by atoms with van der Waals surface area (Å²) in [4.78, 5) is 12.3. The summed E-state index contributed by atoms with van der Waals surface area (Å²) in [6, 6.07) is 10.5. The van der Waals surface area contributed by atoms with Gasteiger partial charge in [-0.05, 0) is 19.1 Å². The second-order valence-electron chi connectivity index (χ2n) is 5.02. The number of amides is 1. The fourth-order valence-corrected chi connectivity index (χ4v) is 2.09. The number of carbonyl (C=O) groups is 1. The van der Waals surface area contributed by atoms with E-state index in [1.807, 2.05) is 31.2 Å². The molecule has 0 radical (unpaired) electrons. The Kier molecular flexibility index (Phi) is 3.89. The molecule has 0 bridgehead atoms. The zero-order chi connectivity index (χ0) is 16.4. The van der Waals surface area contributed by atoms with E-state index >= 15 is 0 Å². The molecule has 0 saturated carbocycles. The van der Waals surface area contributed by atoms with Crippen molar-refractivity contribution in [2.45, 2.75) is 6.92 Å². The molecule has 3 rings (SSSR count). The van der Waals surface area contributed by atoms with Gasteiger partial charge in [-0.2, -0.15) is 0 Å². The first kappa shape index (κ1) is 14.9. The lowest BCUT2D eigenvalue weighted by atomic mass is 10.1. The lowest BCUT2D eigenvalue weighted by Gasteiger charge is -2.05. The molecule has 1 N–H and O–H groups in total. The van der Waals surface area contributed by atoms with Gasteiger partial charge >= 0.3 is 0 Å². The topological polar surface area (TPSA) is 55.1 Å². The third-order valence-electron chi connectivity index (χ3n) is 3.31. The van der Waals surface area contributed by atoms with Crippen molar-refractivity contribution < 1.29 is 18.1 Å². The normalized spacial score (nSPS) is 10.6. The highest BCUT2D eigenvalue weighted by molar-refractivity contribution is 6.07. The van der Waals surface area contributed by atoms with Crippen LogP contribution in [-0.2, 0) is 0 Å². The predicted octanol–water partition coefficient (Wildman–Crippen LogP) is 4.18. The van der Waals surface area contributed by atoms with Gasteiger partial charge < -0.3 is 9.84 Å². The van der Waals surface area contributed by atoms with Crippen LogP contribution in [0.4, 0.5) is 14.5 Å². The zero-order valence-corrected chi connectivity index (χ0v) is 12.1. The van der Waals surface area contributed by atoms with Crippen LogP contribution in [0, 0.1) is 18.6 Å². The van der Waals surface area contributed by atoms with E-state index in [4.69, 9.17) is 4.52 Å². The van der Waals surface area contributed by atoms with Crippen LogP contribution in [0.25, 0.3) is 11.3 Å². The Hall–Kier alpha value is -3.02. The van der Waals surface area contributed by atoms with Crippen LogP contribution in [-0.4, -0.2) is 11.1 Å². The molecule has 0 saturated heterocycles. The number of nitrogens with one attached hydrogen (secondary N) is 1. The number of anilines is 1. The van der Waals surface area contributed by atoms with E-state index in [9.17, 15) is 13.6 Å². The summed E-state index contributed by atoms with van der Waals surface area (Å²) in [6.45, 7) is 1.95. The maximum atomic E-state index is 13.2. The van der Waals surface area contributed by atoms with Gasteiger partial charge in [0.05, 0.1) is 6.20 Å². The smallest absolute Gasteiger partial charge is 0.261 e. The van der Waals surface area contributed by atoms with Crippen LogP contribution in [0.5, 0.6) is 0 Å². The largest absolute Gasteiger partial charge is 0.355 e. The number of rotatable bonds is 3. The van der Waals surface area contributed by atoms with Crippen molar-refractivity contribution in [2.75, 3.05) is 5.32 Å². The lowest BCUT2D eigenvalue weighted by Crippen LogP contribution is -2.12. The summed E-state index contributed by atoms with van der Waals surface area (Å²) >= 11 is 0. The highest BCUT2D eigenvalue weighted by Crippen LogP contribution is 2.25. The molecule has 1 aromatic heterocycles. The van der Waals surface area contributed by atoms with Crippen LogP contribution < -0.4 is 5.32 Å². The van der Waals surface area contributed by atoms with Gasteiger partial charge in [-0.3, -0.25) is 4.79 Å². The number of aryl methyl sites for hydroxylation is 1. The van der Waals surface area contributed by atoms with Crippen LogP contribution >= 0.6 is 0 Å². The zero-order valence-electron chi connectivity index (χ0n) is 12.1. The average Bonchev–Trinajstić information content (AvgIpc) is 3.01. The minimum atomic E-state index is -1.04. The number of hydrogen-bond acceptors (Lipinski definition) is 3. The van der Waals surface area contributed by atoms with E-state index in [2.05, 4.69) is 10.5 Å². The first-order valence-corrected chi connectivity index (χ1v) is 6.83. The molecule has 1 heterocycles. The Morgan fingerprint density at radius 2 is 1.83 bits per heavy atom. The molecule has 4 nitrogen and oxygen atoms in total. The molecule has 116 valence electrons. The minimum Gasteiger partial charge on any atom is -0.355 e. The molecular weight excluding hydrogens is 302 g/mol. The van der Waals surface area contributed by atoms with Gasteiger partial charge in [0.2, 0.25) is 0 Å². The van der Waals surface area contributed by atoms with Gasteiger partial charge in [-0.15, -0.1) is 0 Å². The van der Waals surface area contributed by atoms with Crippen LogP contribution in [0.3, 0.4) is 0 Å². The lowest BCUT2D eigenvalue weighted by molar-refractivity contribution is 0.102. The van der Waals surface area contributed by atoms with E-state index in [0.29, 0.717) is 11.3 Å². The molecule has 2 aromatic carbocycles. The van der Waals surface area contributed by atoms with E-state index in [-0.39, 0.29) is 11.3 Å². The quantitative estimate of drug-likeness (QED) is 0.789. The van der Waals surface area contributed by atoms with Crippen molar-refractivity contribution in [2.24, 2.45) is 0 Å². The van der Waals surface area contributed by atoms with Gasteiger partial charge in [0.1, 0.15) is 5.56 Å². The molecule has 0 aliphatic heterocycles. The Morgan fingerprint density at radius 3 is 2.52 bits per heavy atom. The summed E-state index contributed by atoms with van der Waals surface area (Å²) < 4.78 is 31.3. The molecule has 1 amide bonds. The monoisotopic (exact) mass is 314 g/mol. The number of nitrogens with zero attached hydrogens (tertiary/aromatic N) is 1. The number of aromatic nitrogens is 1. The fraction of sp³-hybridized carbons (Fsp3) is 0.0588. The Bertz CT molecular complexity index is 857. The number of carbonyl (C=O) groups excluding carboxylic acids is 1. The molecule has 0 fully saturated rings. The summed E-state index contributed by atoms with van der Waals surface area (Å²) in [5.74, 6) is -2.22. The van der Waals surface area contributed by atoms with Gasteiger partial charge in [0.25, 0.3) is 5.91 Å². The van der Waals surface area contributed by atoms with Crippen molar-refractivity contribution in [1.29, 1.82) is 0 Å². The van der Waals surface area contributed by atoms with Gasteiger partial charge in [-0.25, -0.2) is 8.78 Å². The minimum absolute atomic E-state index is 0.143. The van der Waals surface area contributed by atoms with Crippen molar-refractivity contribution in [1.82, 2.24) is 5.16 Å². The Morgan fingerprint density at radius 1 is 1.09 bits per heavy atom. The van der Waals surface area contributed by atoms with E-state index in [1.165, 1.54) is 12.3 Å². The molecule has 0 spiro atoms. The molecule has 0 aliphatic rings. The van der Waals surface area contributed by atoms with Crippen LogP contribution in [0.2, 0.25) is 0 Å². The molecule has 0 unspecified atom stereocenters. The molecule has 6 heteroatoms. The first-order valence-electron chi connectivity index (χ1n) is 6.83. The summed E-state index contributed by atoms with van der Waals surface area (Å²) in [7, 11) is 0. The molecule has 0 atom stereocenters. The summed E-state index contributed by atoms with van der Waals surface area (Å²) in [5, 5.41) is 6.13. The maximum absolute atomic E-state index is 13.2. The second-order valence-corrected chi connectivity index (χ2v) is 5.02.